The largest absolute Gasteiger partial charge is 0.516 e. The third-order valence-electron chi connectivity index (χ3n) is 5.69. The summed E-state index contributed by atoms with van der Waals surface area (Å²) in [5.74, 6) is -0.817. The van der Waals surface area contributed by atoms with E-state index in [1.54, 1.807) is 13.0 Å². The molecule has 0 amide bonds. The lowest BCUT2D eigenvalue weighted by atomic mass is 9.90. The number of anilines is 1. The normalized spacial score (nSPS) is 21.1. The van der Waals surface area contributed by atoms with E-state index in [1.165, 1.54) is 33.8 Å². The van der Waals surface area contributed by atoms with Gasteiger partial charge in [0.2, 0.25) is 0 Å². The van der Waals surface area contributed by atoms with Crippen molar-refractivity contribution in [2.75, 3.05) is 11.0 Å². The first-order valence-corrected chi connectivity index (χ1v) is 11.7. The Bertz CT molecular complexity index is 1040. The maximum atomic E-state index is 13.5. The van der Waals surface area contributed by atoms with Crippen molar-refractivity contribution in [1.82, 2.24) is 0 Å². The lowest BCUT2D eigenvalue weighted by Gasteiger charge is -2.28. The Hall–Kier alpha value is -2.30. The lowest BCUT2D eigenvalue weighted by molar-refractivity contribution is -0.152. The van der Waals surface area contributed by atoms with E-state index in [0.29, 0.717) is 11.3 Å². The molecule has 32 heavy (non-hydrogen) atoms. The summed E-state index contributed by atoms with van der Waals surface area (Å²) in [6.45, 7) is 6.73. The zero-order chi connectivity index (χ0) is 24.1. The van der Waals surface area contributed by atoms with Crippen LogP contribution in [0.1, 0.15) is 56.7 Å². The van der Waals surface area contributed by atoms with Gasteiger partial charge in [0, 0.05) is 11.5 Å². The van der Waals surface area contributed by atoms with Crippen LogP contribution in [0.2, 0.25) is 0 Å². The number of carbonyl (C=O) groups is 1. The predicted molar refractivity (Wildman–Crippen MR) is 113 cm³/mol. The van der Waals surface area contributed by atoms with E-state index < -0.39 is 33.6 Å². The quantitative estimate of drug-likeness (QED) is 0.464. The van der Waals surface area contributed by atoms with Gasteiger partial charge < -0.3 is 9.57 Å². The van der Waals surface area contributed by atoms with Gasteiger partial charge in [0.1, 0.15) is 6.10 Å². The fourth-order valence-corrected chi connectivity index (χ4v) is 4.82. The maximum Gasteiger partial charge on any atom is 0.516 e. The number of hydrogen-bond donors (Lipinski definition) is 0. The second-order valence-corrected chi connectivity index (χ2v) is 11.1. The number of halogens is 3. The van der Waals surface area contributed by atoms with Gasteiger partial charge in [0.25, 0.3) is 0 Å². The van der Waals surface area contributed by atoms with Crippen LogP contribution < -0.4 is 4.31 Å². The summed E-state index contributed by atoms with van der Waals surface area (Å²) in [5.41, 5.74) is -4.69. The highest BCUT2D eigenvalue weighted by Crippen LogP contribution is 2.39. The summed E-state index contributed by atoms with van der Waals surface area (Å²) >= 11 is 0. The molecule has 0 aromatic heterocycles. The number of alkyl halides is 3. The minimum absolute atomic E-state index is 0.00986. The number of sulfonamides is 1. The molecule has 0 unspecified atom stereocenters. The molecule has 2 aliphatic rings. The molecule has 0 radical (unpaired) electrons. The van der Waals surface area contributed by atoms with E-state index in [-0.39, 0.29) is 27.6 Å². The molecule has 1 aromatic carbocycles. The van der Waals surface area contributed by atoms with Crippen LogP contribution in [0.5, 0.6) is 0 Å². The van der Waals surface area contributed by atoms with Gasteiger partial charge >= 0.3 is 21.5 Å². The molecular formula is C21H27F3N2O5S. The molecule has 1 fully saturated rings. The van der Waals surface area contributed by atoms with Crippen LogP contribution in [-0.4, -0.2) is 38.4 Å². The average molecular weight is 477 g/mol. The van der Waals surface area contributed by atoms with Crippen molar-refractivity contribution in [2.45, 2.75) is 65.5 Å². The molecule has 11 heteroatoms. The zero-order valence-electron chi connectivity index (χ0n) is 18.6. The molecular weight excluding hydrogens is 449 g/mol. The third-order valence-corrected chi connectivity index (χ3v) is 7.15. The van der Waals surface area contributed by atoms with Crippen molar-refractivity contribution >= 4 is 27.4 Å². The number of aryl methyl sites for hydroxylation is 2. The number of carbonyl (C=O) groups excluding carboxylic acids is 1. The van der Waals surface area contributed by atoms with Crippen molar-refractivity contribution in [3.63, 3.8) is 0 Å². The number of benzene rings is 1. The Morgan fingerprint density at radius 3 is 2.44 bits per heavy atom. The summed E-state index contributed by atoms with van der Waals surface area (Å²) in [6, 6.07) is 2.96. The number of esters is 1. The minimum Gasteiger partial charge on any atom is -0.443 e. The summed E-state index contributed by atoms with van der Waals surface area (Å²) in [5, 5.41) is 4.14. The van der Waals surface area contributed by atoms with E-state index in [4.69, 9.17) is 9.57 Å². The molecule has 0 spiro atoms. The molecule has 1 aliphatic heterocycles. The highest BCUT2D eigenvalue weighted by molar-refractivity contribution is 7.93. The molecule has 0 N–H and O–H groups in total. The molecule has 0 bridgehead atoms. The van der Waals surface area contributed by atoms with Gasteiger partial charge in [-0.25, -0.2) is 4.31 Å². The van der Waals surface area contributed by atoms with Gasteiger partial charge in [-0.1, -0.05) is 11.2 Å². The van der Waals surface area contributed by atoms with Crippen LogP contribution in [0, 0.1) is 25.2 Å². The van der Waals surface area contributed by atoms with Gasteiger partial charge in [-0.15, -0.1) is 0 Å². The second kappa shape index (κ2) is 8.24. The molecule has 1 aromatic rings. The van der Waals surface area contributed by atoms with Crippen molar-refractivity contribution < 1.29 is 36.0 Å². The van der Waals surface area contributed by atoms with Gasteiger partial charge in [-0.05, 0) is 71.1 Å². The molecule has 7 nitrogen and oxygen atoms in total. The van der Waals surface area contributed by atoms with E-state index in [0.717, 1.165) is 24.8 Å². The summed E-state index contributed by atoms with van der Waals surface area (Å²) in [6.07, 6.45) is 2.55. The summed E-state index contributed by atoms with van der Waals surface area (Å²) < 4.78 is 70.4. The van der Waals surface area contributed by atoms with E-state index >= 15 is 0 Å². The first-order valence-electron chi connectivity index (χ1n) is 10.3. The summed E-state index contributed by atoms with van der Waals surface area (Å²) in [7, 11) is -5.84. The number of hydrogen-bond acceptors (Lipinski definition) is 6. The van der Waals surface area contributed by atoms with Crippen LogP contribution in [0.15, 0.2) is 17.3 Å². The van der Waals surface area contributed by atoms with E-state index in [1.807, 2.05) is 0 Å². The van der Waals surface area contributed by atoms with Gasteiger partial charge in [0.05, 0.1) is 16.8 Å². The first-order chi connectivity index (χ1) is 14.6. The molecule has 3 rings (SSSR count). The van der Waals surface area contributed by atoms with Gasteiger partial charge in [-0.2, -0.15) is 21.6 Å². The van der Waals surface area contributed by atoms with Crippen LogP contribution in [0.25, 0.3) is 0 Å². The smallest absolute Gasteiger partial charge is 0.443 e. The van der Waals surface area contributed by atoms with Crippen LogP contribution >= 0.6 is 0 Å². The molecule has 2 atom stereocenters. The highest BCUT2D eigenvalue weighted by Gasteiger charge is 2.51. The number of fused-ring (bicyclic) bond motifs is 1. The third kappa shape index (κ3) is 4.44. The molecule has 1 aliphatic carbocycles. The Kier molecular flexibility index (Phi) is 6.27. The number of nitrogens with zero attached hydrogens (tertiary/aromatic N) is 2. The van der Waals surface area contributed by atoms with Crippen LogP contribution in [0.4, 0.5) is 18.9 Å². The maximum absolute atomic E-state index is 13.5. The molecule has 1 heterocycles. The number of rotatable bonds is 5. The van der Waals surface area contributed by atoms with Gasteiger partial charge in [-0.3, -0.25) is 4.79 Å². The topological polar surface area (TPSA) is 85.3 Å². The molecule has 0 saturated heterocycles. The zero-order valence-corrected chi connectivity index (χ0v) is 19.4. The van der Waals surface area contributed by atoms with Crippen LogP contribution in [-0.2, 0) is 24.4 Å². The van der Waals surface area contributed by atoms with Gasteiger partial charge in [0.15, 0.2) is 6.73 Å². The highest BCUT2D eigenvalue weighted by atomic mass is 32.2. The average Bonchev–Trinajstić information content (AvgIpc) is 3.25. The Morgan fingerprint density at radius 1 is 1.19 bits per heavy atom. The predicted octanol–water partition coefficient (Wildman–Crippen LogP) is 4.41. The number of oxime groups is 1. The molecule has 178 valence electrons. The molecule has 1 saturated carbocycles. The van der Waals surface area contributed by atoms with Crippen molar-refractivity contribution in [3.8, 4) is 0 Å². The van der Waals surface area contributed by atoms with E-state index in [2.05, 4.69) is 5.16 Å². The minimum atomic E-state index is -5.84. The first kappa shape index (κ1) is 24.3. The van der Waals surface area contributed by atoms with Crippen molar-refractivity contribution in [3.05, 3.63) is 28.8 Å². The van der Waals surface area contributed by atoms with E-state index in [9.17, 15) is 26.4 Å². The second-order valence-electron chi connectivity index (χ2n) is 9.22. The fourth-order valence-electron chi connectivity index (χ4n) is 3.92. The Morgan fingerprint density at radius 2 is 1.84 bits per heavy atom. The van der Waals surface area contributed by atoms with Crippen molar-refractivity contribution in [2.24, 2.45) is 16.5 Å². The SMILES string of the molecule is Cc1cc(C)c(N(COC(=O)C(C)(C)C)S(=O)(=O)C(F)(F)F)cc1C1=NO[C@@H]2CCC[C@H]12. The Labute approximate surface area is 185 Å². The number of ether oxygens (including phenoxy) is 1. The summed E-state index contributed by atoms with van der Waals surface area (Å²) in [4.78, 5) is 17.6. The Balaban J connectivity index is 2.07. The van der Waals surface area contributed by atoms with Crippen LogP contribution in [0.3, 0.4) is 0 Å². The monoisotopic (exact) mass is 476 g/mol. The van der Waals surface area contributed by atoms with Crippen molar-refractivity contribution in [1.29, 1.82) is 0 Å². The lowest BCUT2D eigenvalue weighted by Crippen LogP contribution is -2.43. The fraction of sp³-hybridized carbons (Fsp3) is 0.619. The standard InChI is InChI=1S/C21H27F3N2O5S/c1-12-9-13(2)16(10-15(12)18-14-7-6-8-17(14)31-25-18)26(32(28,29)21(22,23)24)11-30-19(27)20(3,4)5/h9-10,14,17H,6-8,11H2,1-5H3/t14-,17+/m0/s1.